The minimum atomic E-state index is 0.466. The van der Waals surface area contributed by atoms with E-state index in [4.69, 9.17) is 4.74 Å². The molecule has 0 amide bonds. The lowest BCUT2D eigenvalue weighted by molar-refractivity contribution is 0.123. The summed E-state index contributed by atoms with van der Waals surface area (Å²) in [7, 11) is 0. The van der Waals surface area contributed by atoms with Crippen LogP contribution in [0.2, 0.25) is 0 Å². The molecule has 0 saturated carbocycles. The van der Waals surface area contributed by atoms with Crippen molar-refractivity contribution in [3.63, 3.8) is 0 Å². The van der Waals surface area contributed by atoms with E-state index in [9.17, 15) is 0 Å². The van der Waals surface area contributed by atoms with Crippen LogP contribution in [0.15, 0.2) is 0 Å². The molecule has 0 radical (unpaired) electrons. The molecule has 2 heteroatoms. The molecule has 1 N–H and O–H groups in total. The Morgan fingerprint density at radius 1 is 1.08 bits per heavy atom. The number of ether oxygens (including phenoxy) is 1. The fourth-order valence-corrected chi connectivity index (χ4v) is 1.60. The summed E-state index contributed by atoms with van der Waals surface area (Å²) in [6.45, 7) is 12.6. The second-order valence-corrected chi connectivity index (χ2v) is 4.26. The largest absolute Gasteiger partial charge is 0.380 e. The molecule has 2 nitrogen and oxygen atoms in total. The Morgan fingerprint density at radius 2 is 1.69 bits per heavy atom. The van der Waals surface area contributed by atoms with Gasteiger partial charge in [0.25, 0.3) is 0 Å². The van der Waals surface area contributed by atoms with E-state index < -0.39 is 0 Å². The van der Waals surface area contributed by atoms with Crippen molar-refractivity contribution in [1.29, 1.82) is 0 Å². The monoisotopic (exact) mass is 187 g/mol. The predicted octanol–water partition coefficient (Wildman–Crippen LogP) is 2.44. The molecule has 0 aromatic carbocycles. The summed E-state index contributed by atoms with van der Waals surface area (Å²) in [6, 6.07) is 1.06. The Kier molecular flexibility index (Phi) is 7.29. The summed E-state index contributed by atoms with van der Waals surface area (Å²) >= 11 is 0. The molecule has 0 aromatic rings. The molecule has 0 aliphatic rings. The molecule has 0 heterocycles. The van der Waals surface area contributed by atoms with Gasteiger partial charge in [-0.15, -0.1) is 0 Å². The highest BCUT2D eigenvalue weighted by Gasteiger charge is 2.08. The standard InChI is InChI=1S/C11H25NO/c1-6-13-8-11(5)12-10(4)7-9(2)3/h9-12H,6-8H2,1-5H3. The third-order valence-corrected chi connectivity index (χ3v) is 1.97. The second-order valence-electron chi connectivity index (χ2n) is 4.26. The SMILES string of the molecule is CCOCC(C)NC(C)CC(C)C. The van der Waals surface area contributed by atoms with Gasteiger partial charge in [0.05, 0.1) is 6.61 Å². The summed E-state index contributed by atoms with van der Waals surface area (Å²) in [6.07, 6.45) is 1.23. The third kappa shape index (κ3) is 8.26. The van der Waals surface area contributed by atoms with Crippen LogP contribution in [0, 0.1) is 5.92 Å². The minimum Gasteiger partial charge on any atom is -0.380 e. The molecule has 2 unspecified atom stereocenters. The summed E-state index contributed by atoms with van der Waals surface area (Å²) < 4.78 is 5.34. The molecule has 0 saturated heterocycles. The van der Waals surface area contributed by atoms with Gasteiger partial charge in [0.2, 0.25) is 0 Å². The normalized spacial score (nSPS) is 16.2. The van der Waals surface area contributed by atoms with E-state index in [-0.39, 0.29) is 0 Å². The first-order chi connectivity index (χ1) is 6.06. The zero-order valence-electron chi connectivity index (χ0n) is 9.76. The van der Waals surface area contributed by atoms with Crippen molar-refractivity contribution in [2.45, 2.75) is 53.1 Å². The quantitative estimate of drug-likeness (QED) is 0.661. The molecular formula is C11H25NO. The van der Waals surface area contributed by atoms with E-state index in [2.05, 4.69) is 33.0 Å². The van der Waals surface area contributed by atoms with Crippen LogP contribution in [0.3, 0.4) is 0 Å². The molecule has 2 atom stereocenters. The van der Waals surface area contributed by atoms with Gasteiger partial charge < -0.3 is 10.1 Å². The summed E-state index contributed by atoms with van der Waals surface area (Å²) in [5, 5.41) is 3.52. The highest BCUT2D eigenvalue weighted by Crippen LogP contribution is 2.04. The van der Waals surface area contributed by atoms with Crippen molar-refractivity contribution in [3.8, 4) is 0 Å². The van der Waals surface area contributed by atoms with E-state index in [0.717, 1.165) is 19.1 Å². The van der Waals surface area contributed by atoms with E-state index >= 15 is 0 Å². The van der Waals surface area contributed by atoms with Crippen LogP contribution in [0.4, 0.5) is 0 Å². The first-order valence-electron chi connectivity index (χ1n) is 5.40. The minimum absolute atomic E-state index is 0.466. The van der Waals surface area contributed by atoms with Crippen molar-refractivity contribution in [3.05, 3.63) is 0 Å². The van der Waals surface area contributed by atoms with Crippen LogP contribution >= 0.6 is 0 Å². The molecule has 0 spiro atoms. The number of rotatable bonds is 7. The van der Waals surface area contributed by atoms with Gasteiger partial charge in [-0.1, -0.05) is 13.8 Å². The van der Waals surface area contributed by atoms with Crippen LogP contribution in [-0.2, 0) is 4.74 Å². The molecule has 80 valence electrons. The van der Waals surface area contributed by atoms with Gasteiger partial charge in [-0.2, -0.15) is 0 Å². The van der Waals surface area contributed by atoms with Crippen molar-refractivity contribution in [2.75, 3.05) is 13.2 Å². The van der Waals surface area contributed by atoms with Gasteiger partial charge in [0.15, 0.2) is 0 Å². The number of nitrogens with one attached hydrogen (secondary N) is 1. The number of hydrogen-bond acceptors (Lipinski definition) is 2. The van der Waals surface area contributed by atoms with Crippen LogP contribution in [0.25, 0.3) is 0 Å². The van der Waals surface area contributed by atoms with Crippen LogP contribution in [0.5, 0.6) is 0 Å². The lowest BCUT2D eigenvalue weighted by Crippen LogP contribution is -2.38. The molecule has 13 heavy (non-hydrogen) atoms. The summed E-state index contributed by atoms with van der Waals surface area (Å²) in [5.74, 6) is 0.766. The van der Waals surface area contributed by atoms with E-state index in [1.807, 2.05) is 6.92 Å². The maximum Gasteiger partial charge on any atom is 0.0616 e. The zero-order valence-corrected chi connectivity index (χ0v) is 9.76. The van der Waals surface area contributed by atoms with Gasteiger partial charge in [-0.05, 0) is 33.1 Å². The van der Waals surface area contributed by atoms with Gasteiger partial charge in [-0.3, -0.25) is 0 Å². The molecule has 0 fully saturated rings. The zero-order chi connectivity index (χ0) is 10.3. The van der Waals surface area contributed by atoms with Crippen molar-refractivity contribution in [1.82, 2.24) is 5.32 Å². The Morgan fingerprint density at radius 3 is 2.15 bits per heavy atom. The Labute approximate surface area is 83.1 Å². The first-order valence-corrected chi connectivity index (χ1v) is 5.40. The molecule has 0 aromatic heterocycles. The molecule has 0 aliphatic heterocycles. The maximum atomic E-state index is 5.34. The van der Waals surface area contributed by atoms with Gasteiger partial charge >= 0.3 is 0 Å². The maximum absolute atomic E-state index is 5.34. The molecule has 0 aliphatic carbocycles. The van der Waals surface area contributed by atoms with Crippen molar-refractivity contribution < 1.29 is 4.74 Å². The van der Waals surface area contributed by atoms with Crippen LogP contribution < -0.4 is 5.32 Å². The predicted molar refractivity (Wildman–Crippen MR) is 58.0 cm³/mol. The summed E-state index contributed by atoms with van der Waals surface area (Å²) in [4.78, 5) is 0. The first kappa shape index (κ1) is 12.9. The van der Waals surface area contributed by atoms with Crippen LogP contribution in [0.1, 0.15) is 41.0 Å². The Balaban J connectivity index is 3.46. The molecular weight excluding hydrogens is 162 g/mol. The van der Waals surface area contributed by atoms with Crippen molar-refractivity contribution >= 4 is 0 Å². The average Bonchev–Trinajstić information content (AvgIpc) is 1.98. The van der Waals surface area contributed by atoms with Gasteiger partial charge in [-0.25, -0.2) is 0 Å². The highest BCUT2D eigenvalue weighted by atomic mass is 16.5. The van der Waals surface area contributed by atoms with Gasteiger partial charge in [0.1, 0.15) is 0 Å². The fourth-order valence-electron chi connectivity index (χ4n) is 1.60. The molecule has 0 bridgehead atoms. The number of hydrogen-bond donors (Lipinski definition) is 1. The lowest BCUT2D eigenvalue weighted by atomic mass is 10.0. The average molecular weight is 187 g/mol. The second kappa shape index (κ2) is 7.34. The van der Waals surface area contributed by atoms with E-state index in [1.165, 1.54) is 6.42 Å². The summed E-state index contributed by atoms with van der Waals surface area (Å²) in [5.41, 5.74) is 0. The molecule has 0 rings (SSSR count). The van der Waals surface area contributed by atoms with Crippen LogP contribution in [-0.4, -0.2) is 25.3 Å². The topological polar surface area (TPSA) is 21.3 Å². The van der Waals surface area contributed by atoms with Crippen molar-refractivity contribution in [2.24, 2.45) is 5.92 Å². The lowest BCUT2D eigenvalue weighted by Gasteiger charge is -2.21. The fraction of sp³-hybridized carbons (Fsp3) is 1.00. The third-order valence-electron chi connectivity index (χ3n) is 1.97. The Bertz CT molecular complexity index is 115. The highest BCUT2D eigenvalue weighted by molar-refractivity contribution is 4.68. The van der Waals surface area contributed by atoms with Gasteiger partial charge in [0, 0.05) is 18.7 Å². The Hall–Kier alpha value is -0.0800. The van der Waals surface area contributed by atoms with E-state index in [1.54, 1.807) is 0 Å². The smallest absolute Gasteiger partial charge is 0.0616 e. The van der Waals surface area contributed by atoms with E-state index in [0.29, 0.717) is 12.1 Å².